The molecule has 2 aliphatic rings. The average Bonchev–Trinajstić information content (AvgIpc) is 3.27. The Bertz CT molecular complexity index is 1010. The van der Waals surface area contributed by atoms with E-state index in [4.69, 9.17) is 18.9 Å². The van der Waals surface area contributed by atoms with Crippen molar-refractivity contribution in [2.24, 2.45) is 5.92 Å². The first-order chi connectivity index (χ1) is 16.3. The molecule has 0 aliphatic carbocycles. The summed E-state index contributed by atoms with van der Waals surface area (Å²) in [5, 5.41) is 11.3. The Hall–Kier alpha value is -2.55. The zero-order valence-corrected chi connectivity index (χ0v) is 21.6. The summed E-state index contributed by atoms with van der Waals surface area (Å²) < 4.78 is 23.1. The first-order valence-corrected chi connectivity index (χ1v) is 14.9. The Balaban J connectivity index is 1.68. The summed E-state index contributed by atoms with van der Waals surface area (Å²) in [7, 11) is 1.33. The third kappa shape index (κ3) is 4.42. The van der Waals surface area contributed by atoms with E-state index in [1.54, 1.807) is 19.1 Å². The van der Waals surface area contributed by atoms with E-state index in [0.29, 0.717) is 19.6 Å². The van der Waals surface area contributed by atoms with Gasteiger partial charge in [-0.15, -0.1) is 0 Å². The maximum absolute atomic E-state index is 12.1. The van der Waals surface area contributed by atoms with E-state index in [-0.39, 0.29) is 36.4 Å². The Morgan fingerprint density at radius 3 is 2.50 bits per heavy atom. The molecule has 34 heavy (non-hydrogen) atoms. The number of fused-ring (bicyclic) bond motifs is 1. The molecule has 2 aromatic carbocycles. The Labute approximate surface area is 202 Å². The molecular weight excluding hydrogens is 450 g/mol. The molecule has 184 valence electrons. The standard InChI is InChI=1S/C26H35NO6Si/c1-17-24(31-3)21-16-18(27-13-15-32-26(27)29)6-11-22(21)33-25(17)23(12-14-28)34(4,5)20-9-7-19(30-2)8-10-20/h6-11,16-17,23-25,28H,12-15H2,1-5H3/t17-,23?,24-,25-/m0/s1. The molecule has 0 radical (unpaired) electrons. The van der Waals surface area contributed by atoms with Crippen LogP contribution >= 0.6 is 0 Å². The van der Waals surface area contributed by atoms with E-state index >= 15 is 0 Å². The number of hydrogen-bond acceptors (Lipinski definition) is 6. The van der Waals surface area contributed by atoms with E-state index in [1.165, 1.54) is 5.19 Å². The molecule has 1 fully saturated rings. The second-order valence-electron chi connectivity index (χ2n) is 9.65. The first-order valence-electron chi connectivity index (χ1n) is 11.8. The number of amides is 1. The van der Waals surface area contributed by atoms with Crippen LogP contribution in [0, 0.1) is 5.92 Å². The molecule has 0 spiro atoms. The number of ether oxygens (including phenoxy) is 4. The molecule has 0 bridgehead atoms. The number of carbonyl (C=O) groups excluding carboxylic acids is 1. The third-order valence-corrected chi connectivity index (χ3v) is 11.8. The molecule has 1 unspecified atom stereocenters. The Morgan fingerprint density at radius 2 is 1.91 bits per heavy atom. The number of aliphatic hydroxyl groups excluding tert-OH is 1. The lowest BCUT2D eigenvalue weighted by Crippen LogP contribution is -2.54. The van der Waals surface area contributed by atoms with Crippen LogP contribution in [0.5, 0.6) is 11.5 Å². The van der Waals surface area contributed by atoms with Gasteiger partial charge in [0.1, 0.15) is 24.2 Å². The summed E-state index contributed by atoms with van der Waals surface area (Å²) in [5.74, 6) is 1.66. The lowest BCUT2D eigenvalue weighted by Gasteiger charge is -2.45. The van der Waals surface area contributed by atoms with Crippen molar-refractivity contribution in [2.75, 3.05) is 38.9 Å². The highest BCUT2D eigenvalue weighted by atomic mass is 28.3. The third-order valence-electron chi connectivity index (χ3n) is 7.48. The van der Waals surface area contributed by atoms with Crippen LogP contribution in [-0.2, 0) is 9.47 Å². The quantitative estimate of drug-likeness (QED) is 0.567. The highest BCUT2D eigenvalue weighted by molar-refractivity contribution is 6.91. The molecule has 8 heteroatoms. The predicted molar refractivity (Wildman–Crippen MR) is 134 cm³/mol. The molecule has 2 aromatic rings. The highest BCUT2D eigenvalue weighted by Crippen LogP contribution is 2.48. The number of benzene rings is 2. The minimum Gasteiger partial charge on any atom is -0.497 e. The van der Waals surface area contributed by atoms with Gasteiger partial charge in [0, 0.05) is 30.9 Å². The molecule has 0 aromatic heterocycles. The smallest absolute Gasteiger partial charge is 0.414 e. The second kappa shape index (κ2) is 9.97. The van der Waals surface area contributed by atoms with Gasteiger partial charge < -0.3 is 24.1 Å². The highest BCUT2D eigenvalue weighted by Gasteiger charge is 2.47. The summed E-state index contributed by atoms with van der Waals surface area (Å²) in [6.45, 7) is 7.86. The van der Waals surface area contributed by atoms with Crippen molar-refractivity contribution in [3.8, 4) is 11.5 Å². The largest absolute Gasteiger partial charge is 0.497 e. The van der Waals surface area contributed by atoms with E-state index < -0.39 is 8.07 Å². The minimum absolute atomic E-state index is 0.0554. The van der Waals surface area contributed by atoms with Gasteiger partial charge in [0.05, 0.1) is 27.8 Å². The molecule has 4 atom stereocenters. The molecule has 7 nitrogen and oxygen atoms in total. The fourth-order valence-corrected chi connectivity index (χ4v) is 8.97. The van der Waals surface area contributed by atoms with Crippen LogP contribution < -0.4 is 19.6 Å². The van der Waals surface area contributed by atoms with Gasteiger partial charge >= 0.3 is 6.09 Å². The number of nitrogens with zero attached hydrogens (tertiary/aromatic N) is 1. The van der Waals surface area contributed by atoms with E-state index in [0.717, 1.165) is 22.7 Å². The minimum atomic E-state index is -2.07. The van der Waals surface area contributed by atoms with Crippen molar-refractivity contribution in [1.82, 2.24) is 0 Å². The summed E-state index contributed by atoms with van der Waals surface area (Å²) >= 11 is 0. The fourth-order valence-electron chi connectivity index (χ4n) is 5.47. The lowest BCUT2D eigenvalue weighted by molar-refractivity contribution is -0.0241. The van der Waals surface area contributed by atoms with Crippen LogP contribution in [0.2, 0.25) is 18.6 Å². The van der Waals surface area contributed by atoms with E-state index in [2.05, 4.69) is 32.2 Å². The van der Waals surface area contributed by atoms with Gasteiger partial charge in [-0.1, -0.05) is 37.3 Å². The van der Waals surface area contributed by atoms with Crippen molar-refractivity contribution in [3.05, 3.63) is 48.0 Å². The molecule has 2 heterocycles. The predicted octanol–water partition coefficient (Wildman–Crippen LogP) is 4.10. The first kappa shape index (κ1) is 24.6. The van der Waals surface area contributed by atoms with Crippen LogP contribution in [0.15, 0.2) is 42.5 Å². The average molecular weight is 486 g/mol. The lowest BCUT2D eigenvalue weighted by atomic mass is 9.86. The van der Waals surface area contributed by atoms with Crippen molar-refractivity contribution >= 4 is 25.0 Å². The SMILES string of the molecule is COc1ccc([Si](C)(C)C(CCO)[C@H]2Oc3ccc(N4CCOC4=O)cc3[C@@H](OC)[C@@H]2C)cc1. The van der Waals surface area contributed by atoms with E-state index in [9.17, 15) is 9.90 Å². The van der Waals surface area contributed by atoms with Crippen LogP contribution in [0.4, 0.5) is 10.5 Å². The Morgan fingerprint density at radius 1 is 1.18 bits per heavy atom. The number of methoxy groups -OCH3 is 2. The summed E-state index contributed by atoms with van der Waals surface area (Å²) in [6.07, 6.45) is 0.0287. The maximum Gasteiger partial charge on any atom is 0.414 e. The molecule has 4 rings (SSSR count). The normalized spacial score (nSPS) is 23.2. The van der Waals surface area contributed by atoms with Crippen LogP contribution in [0.3, 0.4) is 0 Å². The zero-order chi connectivity index (χ0) is 24.5. The molecule has 2 aliphatic heterocycles. The topological polar surface area (TPSA) is 77.5 Å². The van der Waals surface area contributed by atoms with Crippen molar-refractivity contribution in [3.63, 3.8) is 0 Å². The molecule has 1 saturated heterocycles. The van der Waals surface area contributed by atoms with Gasteiger partial charge in [-0.05, 0) is 42.3 Å². The van der Waals surface area contributed by atoms with Crippen LogP contribution in [0.1, 0.15) is 25.0 Å². The number of hydrogen-bond donors (Lipinski definition) is 1. The number of anilines is 1. The number of carbonyl (C=O) groups is 1. The van der Waals surface area contributed by atoms with Crippen molar-refractivity contribution < 1.29 is 28.8 Å². The van der Waals surface area contributed by atoms with Crippen LogP contribution in [0.25, 0.3) is 0 Å². The number of aliphatic hydroxyl groups is 1. The summed E-state index contributed by atoms with van der Waals surface area (Å²) in [4.78, 5) is 13.7. The monoisotopic (exact) mass is 485 g/mol. The van der Waals surface area contributed by atoms with Gasteiger partial charge in [0.15, 0.2) is 0 Å². The number of rotatable bonds is 8. The molecular formula is C26H35NO6Si. The van der Waals surface area contributed by atoms with Crippen molar-refractivity contribution in [1.29, 1.82) is 0 Å². The van der Waals surface area contributed by atoms with Gasteiger partial charge in [-0.25, -0.2) is 4.79 Å². The second-order valence-corrected chi connectivity index (χ2v) is 14.4. The van der Waals surface area contributed by atoms with Gasteiger partial charge in [-0.3, -0.25) is 4.90 Å². The maximum atomic E-state index is 12.1. The fraction of sp³-hybridized carbons (Fsp3) is 0.500. The molecule has 1 N–H and O–H groups in total. The van der Waals surface area contributed by atoms with Crippen LogP contribution in [-0.4, -0.2) is 59.4 Å². The number of cyclic esters (lactones) is 1. The van der Waals surface area contributed by atoms with Crippen molar-refractivity contribution in [2.45, 2.75) is 44.2 Å². The molecule has 1 amide bonds. The zero-order valence-electron chi connectivity index (χ0n) is 20.6. The Kier molecular flexibility index (Phi) is 7.21. The van der Waals surface area contributed by atoms with Gasteiger partial charge in [0.25, 0.3) is 0 Å². The van der Waals surface area contributed by atoms with Gasteiger partial charge in [-0.2, -0.15) is 0 Å². The summed E-state index contributed by atoms with van der Waals surface area (Å²) in [5.41, 5.74) is 1.90. The van der Waals surface area contributed by atoms with Gasteiger partial charge in [0.2, 0.25) is 0 Å². The summed E-state index contributed by atoms with van der Waals surface area (Å²) in [6, 6.07) is 14.1. The van der Waals surface area contributed by atoms with E-state index in [1.807, 2.05) is 30.3 Å². The molecule has 0 saturated carbocycles.